The fraction of sp³-hybridized carbons (Fsp3) is 0.174. The second-order valence-electron chi connectivity index (χ2n) is 7.17. The lowest BCUT2D eigenvalue weighted by atomic mass is 10.2. The van der Waals surface area contributed by atoms with E-state index in [0.717, 1.165) is 29.1 Å². The summed E-state index contributed by atoms with van der Waals surface area (Å²) in [5.41, 5.74) is 3.38. The maximum Gasteiger partial charge on any atom is 0.267 e. The number of carbonyl (C=O) groups excluding carboxylic acids is 1. The maximum absolute atomic E-state index is 12.6. The van der Waals surface area contributed by atoms with Crippen LogP contribution in [0.5, 0.6) is 5.75 Å². The molecular formula is C23H22ClN5O2S. The fourth-order valence-corrected chi connectivity index (χ4v) is 4.10. The summed E-state index contributed by atoms with van der Waals surface area (Å²) in [6.45, 7) is 5.18. The summed E-state index contributed by atoms with van der Waals surface area (Å²) in [6, 6.07) is 11.3. The van der Waals surface area contributed by atoms with Crippen molar-refractivity contribution >= 4 is 45.4 Å². The monoisotopic (exact) mass is 467 g/mol. The Hall–Kier alpha value is -3.36. The molecule has 2 heterocycles. The molecule has 0 bridgehead atoms. The second kappa shape index (κ2) is 9.84. The first kappa shape index (κ1) is 21.9. The van der Waals surface area contributed by atoms with Gasteiger partial charge in [-0.1, -0.05) is 35.1 Å². The number of anilines is 3. The standard InChI is InChI=1S/C23H22ClN5O2S/c1-15-4-3-5-18(24)21(15)28-22(30)20-13-26-23(32-20)27-17-6-7-19(16(2)12-17)31-11-10-29-9-8-25-14-29/h3-9,12-14H,10-11H2,1-2H3,(H,26,27)(H,28,30). The summed E-state index contributed by atoms with van der Waals surface area (Å²) in [6.07, 6.45) is 6.97. The molecule has 4 rings (SSSR count). The van der Waals surface area contributed by atoms with Crippen molar-refractivity contribution in [2.75, 3.05) is 17.2 Å². The van der Waals surface area contributed by atoms with Gasteiger partial charge in [0.15, 0.2) is 5.13 Å². The third-order valence-corrected chi connectivity index (χ3v) is 6.01. The third kappa shape index (κ3) is 5.27. The lowest BCUT2D eigenvalue weighted by Crippen LogP contribution is -2.11. The van der Waals surface area contributed by atoms with Crippen LogP contribution in [-0.4, -0.2) is 27.0 Å². The van der Waals surface area contributed by atoms with Crippen LogP contribution in [0, 0.1) is 13.8 Å². The summed E-state index contributed by atoms with van der Waals surface area (Å²) in [7, 11) is 0. The number of aryl methyl sites for hydroxylation is 2. The van der Waals surface area contributed by atoms with Gasteiger partial charge in [-0.2, -0.15) is 0 Å². The van der Waals surface area contributed by atoms with Crippen molar-refractivity contribution in [2.24, 2.45) is 0 Å². The Morgan fingerprint density at radius 2 is 2.09 bits per heavy atom. The van der Waals surface area contributed by atoms with Gasteiger partial charge in [0.2, 0.25) is 0 Å². The van der Waals surface area contributed by atoms with Gasteiger partial charge >= 0.3 is 0 Å². The molecule has 0 spiro atoms. The average molecular weight is 468 g/mol. The zero-order valence-corrected chi connectivity index (χ0v) is 19.2. The van der Waals surface area contributed by atoms with Crippen LogP contribution in [0.3, 0.4) is 0 Å². The van der Waals surface area contributed by atoms with E-state index in [4.69, 9.17) is 16.3 Å². The van der Waals surface area contributed by atoms with Gasteiger partial charge in [0, 0.05) is 18.1 Å². The molecule has 0 unspecified atom stereocenters. The lowest BCUT2D eigenvalue weighted by molar-refractivity contribution is 0.103. The number of rotatable bonds is 8. The molecule has 0 atom stereocenters. The number of aromatic nitrogens is 3. The molecule has 0 radical (unpaired) electrons. The molecule has 0 saturated heterocycles. The quantitative estimate of drug-likeness (QED) is 0.348. The largest absolute Gasteiger partial charge is 0.491 e. The van der Waals surface area contributed by atoms with Gasteiger partial charge < -0.3 is 19.9 Å². The fourth-order valence-electron chi connectivity index (χ4n) is 3.09. The molecule has 0 saturated carbocycles. The van der Waals surface area contributed by atoms with E-state index in [1.807, 2.05) is 54.9 Å². The SMILES string of the molecule is Cc1cc(Nc2ncc(C(=O)Nc3c(C)cccc3Cl)s2)ccc1OCCn1ccnc1. The smallest absolute Gasteiger partial charge is 0.267 e. The Morgan fingerprint density at radius 1 is 1.22 bits per heavy atom. The van der Waals surface area contributed by atoms with Crippen molar-refractivity contribution in [3.63, 3.8) is 0 Å². The predicted octanol–water partition coefficient (Wildman–Crippen LogP) is 5.68. The minimum Gasteiger partial charge on any atom is -0.491 e. The highest BCUT2D eigenvalue weighted by atomic mass is 35.5. The second-order valence-corrected chi connectivity index (χ2v) is 8.61. The van der Waals surface area contributed by atoms with Crippen LogP contribution in [0.1, 0.15) is 20.8 Å². The number of carbonyl (C=O) groups is 1. The first-order chi connectivity index (χ1) is 15.5. The molecule has 0 aliphatic heterocycles. The molecular weight excluding hydrogens is 446 g/mol. The Kier molecular flexibility index (Phi) is 6.72. The Morgan fingerprint density at radius 3 is 2.84 bits per heavy atom. The van der Waals surface area contributed by atoms with Crippen LogP contribution in [0.15, 0.2) is 61.3 Å². The van der Waals surface area contributed by atoms with E-state index in [1.165, 1.54) is 11.3 Å². The summed E-state index contributed by atoms with van der Waals surface area (Å²) in [5.74, 6) is 0.578. The molecule has 2 aromatic carbocycles. The number of hydrogen-bond acceptors (Lipinski definition) is 6. The van der Waals surface area contributed by atoms with Crippen molar-refractivity contribution in [3.05, 3.63) is 82.3 Å². The normalized spacial score (nSPS) is 10.7. The summed E-state index contributed by atoms with van der Waals surface area (Å²) in [5, 5.41) is 7.24. The molecule has 164 valence electrons. The highest BCUT2D eigenvalue weighted by Crippen LogP contribution is 2.29. The van der Waals surface area contributed by atoms with E-state index in [0.29, 0.717) is 27.3 Å². The third-order valence-electron chi connectivity index (χ3n) is 4.78. The Balaban J connectivity index is 1.36. The van der Waals surface area contributed by atoms with Gasteiger partial charge in [0.1, 0.15) is 17.2 Å². The number of benzene rings is 2. The summed E-state index contributed by atoms with van der Waals surface area (Å²) >= 11 is 7.48. The predicted molar refractivity (Wildman–Crippen MR) is 128 cm³/mol. The molecule has 0 aliphatic rings. The van der Waals surface area contributed by atoms with E-state index in [2.05, 4.69) is 20.6 Å². The molecule has 2 N–H and O–H groups in total. The highest BCUT2D eigenvalue weighted by molar-refractivity contribution is 7.17. The molecule has 0 fully saturated rings. The first-order valence-corrected chi connectivity index (χ1v) is 11.2. The number of amides is 1. The number of imidazole rings is 1. The minimum atomic E-state index is -0.246. The number of thiazole rings is 1. The maximum atomic E-state index is 12.6. The van der Waals surface area contributed by atoms with Crippen LogP contribution in [0.25, 0.3) is 0 Å². The van der Waals surface area contributed by atoms with Gasteiger partial charge in [-0.3, -0.25) is 4.79 Å². The van der Waals surface area contributed by atoms with Gasteiger partial charge in [-0.15, -0.1) is 0 Å². The van der Waals surface area contributed by atoms with Crippen molar-refractivity contribution in [2.45, 2.75) is 20.4 Å². The number of hydrogen-bond donors (Lipinski definition) is 2. The van der Waals surface area contributed by atoms with Crippen LogP contribution >= 0.6 is 22.9 Å². The molecule has 9 heteroatoms. The highest BCUT2D eigenvalue weighted by Gasteiger charge is 2.14. The average Bonchev–Trinajstić information content (AvgIpc) is 3.45. The van der Waals surface area contributed by atoms with Gasteiger partial charge in [0.25, 0.3) is 5.91 Å². The molecule has 4 aromatic rings. The van der Waals surface area contributed by atoms with Crippen molar-refractivity contribution < 1.29 is 9.53 Å². The zero-order chi connectivity index (χ0) is 22.5. The summed E-state index contributed by atoms with van der Waals surface area (Å²) in [4.78, 5) is 21.5. The number of para-hydroxylation sites is 1. The van der Waals surface area contributed by atoms with Crippen LogP contribution in [0.2, 0.25) is 5.02 Å². The van der Waals surface area contributed by atoms with E-state index in [9.17, 15) is 4.79 Å². The van der Waals surface area contributed by atoms with E-state index in [-0.39, 0.29) is 5.91 Å². The van der Waals surface area contributed by atoms with E-state index in [1.54, 1.807) is 24.8 Å². The zero-order valence-electron chi connectivity index (χ0n) is 17.6. The number of nitrogens with zero attached hydrogens (tertiary/aromatic N) is 3. The minimum absolute atomic E-state index is 0.246. The lowest BCUT2D eigenvalue weighted by Gasteiger charge is -2.11. The number of halogens is 1. The van der Waals surface area contributed by atoms with Gasteiger partial charge in [-0.05, 0) is 49.2 Å². The number of nitrogens with one attached hydrogen (secondary N) is 2. The Bertz CT molecular complexity index is 1200. The Labute approximate surface area is 195 Å². The number of ether oxygens (including phenoxy) is 1. The van der Waals surface area contributed by atoms with Gasteiger partial charge in [-0.25, -0.2) is 9.97 Å². The van der Waals surface area contributed by atoms with Crippen LogP contribution < -0.4 is 15.4 Å². The van der Waals surface area contributed by atoms with Crippen molar-refractivity contribution in [1.82, 2.24) is 14.5 Å². The van der Waals surface area contributed by atoms with Gasteiger partial charge in [0.05, 0.1) is 29.8 Å². The van der Waals surface area contributed by atoms with E-state index < -0.39 is 0 Å². The van der Waals surface area contributed by atoms with Crippen molar-refractivity contribution in [1.29, 1.82) is 0 Å². The molecule has 32 heavy (non-hydrogen) atoms. The molecule has 1 amide bonds. The van der Waals surface area contributed by atoms with E-state index >= 15 is 0 Å². The van der Waals surface area contributed by atoms with Crippen molar-refractivity contribution in [3.8, 4) is 5.75 Å². The molecule has 0 aliphatic carbocycles. The van der Waals surface area contributed by atoms with Crippen LogP contribution in [0.4, 0.5) is 16.5 Å². The topological polar surface area (TPSA) is 81.1 Å². The molecule has 2 aromatic heterocycles. The van der Waals surface area contributed by atoms with Crippen LogP contribution in [-0.2, 0) is 6.54 Å². The first-order valence-electron chi connectivity index (χ1n) is 9.98. The molecule has 7 nitrogen and oxygen atoms in total. The summed E-state index contributed by atoms with van der Waals surface area (Å²) < 4.78 is 7.84.